The zero-order valence-corrected chi connectivity index (χ0v) is 14.3. The number of imidazole rings is 1. The maximum Gasteiger partial charge on any atom is 0.248 e. The molecule has 3 aromatic rings. The standard InChI is InChI=1S/C19H16FN3OS/c1-23-12-11-21-19(23)25-17-8-6-16(7-9-17)22-18(24)10-5-14-3-2-4-15(20)13-14/h2-13H,1H3,(H,22,24)/b10-5+. The summed E-state index contributed by atoms with van der Waals surface area (Å²) in [6, 6.07) is 13.6. The van der Waals surface area contributed by atoms with E-state index in [2.05, 4.69) is 10.3 Å². The third-order valence-electron chi connectivity index (χ3n) is 3.38. The van der Waals surface area contributed by atoms with Crippen molar-refractivity contribution in [3.63, 3.8) is 0 Å². The summed E-state index contributed by atoms with van der Waals surface area (Å²) in [5.41, 5.74) is 1.33. The average Bonchev–Trinajstić information content (AvgIpc) is 3.00. The van der Waals surface area contributed by atoms with Crippen LogP contribution in [0.2, 0.25) is 0 Å². The molecule has 0 unspecified atom stereocenters. The fourth-order valence-corrected chi connectivity index (χ4v) is 2.93. The Hall–Kier alpha value is -2.86. The second-order valence-corrected chi connectivity index (χ2v) is 6.37. The molecule has 0 aliphatic heterocycles. The summed E-state index contributed by atoms with van der Waals surface area (Å²) in [6.45, 7) is 0. The first-order valence-electron chi connectivity index (χ1n) is 7.60. The van der Waals surface area contributed by atoms with E-state index in [0.717, 1.165) is 10.1 Å². The van der Waals surface area contributed by atoms with E-state index >= 15 is 0 Å². The molecule has 0 fully saturated rings. The molecule has 1 amide bonds. The van der Waals surface area contributed by atoms with E-state index in [1.807, 2.05) is 42.1 Å². The Morgan fingerprint density at radius 2 is 2.04 bits per heavy atom. The lowest BCUT2D eigenvalue weighted by Crippen LogP contribution is -2.07. The summed E-state index contributed by atoms with van der Waals surface area (Å²) in [6.07, 6.45) is 6.60. The van der Waals surface area contributed by atoms with E-state index in [9.17, 15) is 9.18 Å². The molecule has 0 aliphatic carbocycles. The molecular formula is C19H16FN3OS. The molecule has 6 heteroatoms. The first kappa shape index (κ1) is 17.0. The Morgan fingerprint density at radius 3 is 2.72 bits per heavy atom. The van der Waals surface area contributed by atoms with Gasteiger partial charge in [0.25, 0.3) is 0 Å². The minimum atomic E-state index is -0.330. The number of hydrogen-bond acceptors (Lipinski definition) is 3. The van der Waals surface area contributed by atoms with Crippen LogP contribution in [0.25, 0.3) is 6.08 Å². The van der Waals surface area contributed by atoms with E-state index in [0.29, 0.717) is 11.3 Å². The molecule has 4 nitrogen and oxygen atoms in total. The van der Waals surface area contributed by atoms with Crippen LogP contribution in [0.15, 0.2) is 77.1 Å². The molecule has 0 atom stereocenters. The minimum absolute atomic E-state index is 0.270. The highest BCUT2D eigenvalue weighted by atomic mass is 32.2. The van der Waals surface area contributed by atoms with Gasteiger partial charge in [-0.3, -0.25) is 4.79 Å². The monoisotopic (exact) mass is 353 g/mol. The van der Waals surface area contributed by atoms with Crippen molar-refractivity contribution in [1.82, 2.24) is 9.55 Å². The van der Waals surface area contributed by atoms with Crippen molar-refractivity contribution in [3.05, 3.63) is 78.4 Å². The number of nitrogens with zero attached hydrogens (tertiary/aromatic N) is 2. The van der Waals surface area contributed by atoms with E-state index in [1.54, 1.807) is 36.2 Å². The number of carbonyl (C=O) groups is 1. The molecule has 126 valence electrons. The second-order valence-electron chi connectivity index (χ2n) is 5.32. The Bertz CT molecular complexity index is 903. The van der Waals surface area contributed by atoms with Crippen molar-refractivity contribution in [3.8, 4) is 0 Å². The molecule has 0 spiro atoms. The van der Waals surface area contributed by atoms with Gasteiger partial charge >= 0.3 is 0 Å². The van der Waals surface area contributed by atoms with Crippen LogP contribution < -0.4 is 5.32 Å². The van der Waals surface area contributed by atoms with Gasteiger partial charge in [0.2, 0.25) is 5.91 Å². The Kier molecular flexibility index (Phi) is 5.30. The van der Waals surface area contributed by atoms with Crippen LogP contribution in [0.5, 0.6) is 0 Å². The third kappa shape index (κ3) is 4.81. The molecule has 2 aromatic carbocycles. The van der Waals surface area contributed by atoms with Crippen molar-refractivity contribution in [2.75, 3.05) is 5.32 Å². The van der Waals surface area contributed by atoms with Gasteiger partial charge in [0.15, 0.2) is 5.16 Å². The van der Waals surface area contributed by atoms with E-state index in [-0.39, 0.29) is 11.7 Å². The lowest BCUT2D eigenvalue weighted by atomic mass is 10.2. The fourth-order valence-electron chi connectivity index (χ4n) is 2.13. The number of anilines is 1. The van der Waals surface area contributed by atoms with Gasteiger partial charge in [-0.1, -0.05) is 23.9 Å². The van der Waals surface area contributed by atoms with Crippen LogP contribution in [0.3, 0.4) is 0 Å². The molecule has 0 aliphatic rings. The normalized spacial score (nSPS) is 11.0. The summed E-state index contributed by atoms with van der Waals surface area (Å²) in [5.74, 6) is -0.600. The zero-order chi connectivity index (χ0) is 17.6. The molecule has 0 radical (unpaired) electrons. The van der Waals surface area contributed by atoms with E-state index < -0.39 is 0 Å². The number of aromatic nitrogens is 2. The van der Waals surface area contributed by atoms with Crippen LogP contribution in [0, 0.1) is 5.82 Å². The number of nitrogens with one attached hydrogen (secondary N) is 1. The summed E-state index contributed by atoms with van der Waals surface area (Å²) in [5, 5.41) is 3.67. The maximum atomic E-state index is 13.1. The number of carbonyl (C=O) groups excluding carboxylic acids is 1. The SMILES string of the molecule is Cn1ccnc1Sc1ccc(NC(=O)/C=C/c2cccc(F)c2)cc1. The lowest BCUT2D eigenvalue weighted by Gasteiger charge is -2.05. The Labute approximate surface area is 149 Å². The fraction of sp³-hybridized carbons (Fsp3) is 0.0526. The maximum absolute atomic E-state index is 13.1. The van der Waals surface area contributed by atoms with E-state index in [4.69, 9.17) is 0 Å². The molecule has 1 N–H and O–H groups in total. The molecule has 1 heterocycles. The van der Waals surface area contributed by atoms with E-state index in [1.165, 1.54) is 18.2 Å². The molecule has 0 saturated carbocycles. The number of halogens is 1. The summed E-state index contributed by atoms with van der Waals surface area (Å²) < 4.78 is 15.0. The highest BCUT2D eigenvalue weighted by Crippen LogP contribution is 2.26. The number of rotatable bonds is 5. The first-order chi connectivity index (χ1) is 12.1. The highest BCUT2D eigenvalue weighted by Gasteiger charge is 2.03. The minimum Gasteiger partial charge on any atom is -0.329 e. The molecule has 3 rings (SSSR count). The molecular weight excluding hydrogens is 337 g/mol. The summed E-state index contributed by atoms with van der Waals surface area (Å²) >= 11 is 1.55. The summed E-state index contributed by atoms with van der Waals surface area (Å²) in [7, 11) is 1.94. The molecule has 0 bridgehead atoms. The van der Waals surface area contributed by atoms with Crippen LogP contribution in [0.1, 0.15) is 5.56 Å². The lowest BCUT2D eigenvalue weighted by molar-refractivity contribution is -0.111. The van der Waals surface area contributed by atoms with Crippen LogP contribution in [-0.4, -0.2) is 15.5 Å². The number of aryl methyl sites for hydroxylation is 1. The smallest absolute Gasteiger partial charge is 0.248 e. The van der Waals surface area contributed by atoms with Crippen LogP contribution in [-0.2, 0) is 11.8 Å². The van der Waals surface area contributed by atoms with Crippen molar-refractivity contribution in [2.45, 2.75) is 10.1 Å². The first-order valence-corrected chi connectivity index (χ1v) is 8.42. The van der Waals surface area contributed by atoms with Gasteiger partial charge in [-0.2, -0.15) is 0 Å². The van der Waals surface area contributed by atoms with Crippen molar-refractivity contribution >= 4 is 29.4 Å². The quantitative estimate of drug-likeness (QED) is 0.693. The highest BCUT2D eigenvalue weighted by molar-refractivity contribution is 7.99. The number of benzene rings is 2. The van der Waals surface area contributed by atoms with Gasteiger partial charge in [-0.25, -0.2) is 9.37 Å². The van der Waals surface area contributed by atoms with Gasteiger partial charge in [0, 0.05) is 36.1 Å². The zero-order valence-electron chi connectivity index (χ0n) is 13.5. The Balaban J connectivity index is 1.59. The molecule has 25 heavy (non-hydrogen) atoms. The Morgan fingerprint density at radius 1 is 1.24 bits per heavy atom. The van der Waals surface area contributed by atoms with Crippen LogP contribution in [0.4, 0.5) is 10.1 Å². The van der Waals surface area contributed by atoms with Crippen molar-refractivity contribution in [1.29, 1.82) is 0 Å². The number of hydrogen-bond donors (Lipinski definition) is 1. The van der Waals surface area contributed by atoms with Crippen LogP contribution >= 0.6 is 11.8 Å². The van der Waals surface area contributed by atoms with Crippen molar-refractivity contribution in [2.24, 2.45) is 7.05 Å². The average molecular weight is 353 g/mol. The largest absolute Gasteiger partial charge is 0.329 e. The third-order valence-corrected chi connectivity index (χ3v) is 4.47. The topological polar surface area (TPSA) is 46.9 Å². The predicted octanol–water partition coefficient (Wildman–Crippen LogP) is 4.36. The number of amides is 1. The van der Waals surface area contributed by atoms with Crippen molar-refractivity contribution < 1.29 is 9.18 Å². The van der Waals surface area contributed by atoms with Gasteiger partial charge in [-0.05, 0) is 48.0 Å². The van der Waals surface area contributed by atoms with Gasteiger partial charge in [-0.15, -0.1) is 0 Å². The predicted molar refractivity (Wildman–Crippen MR) is 97.8 cm³/mol. The van der Waals surface area contributed by atoms with Gasteiger partial charge < -0.3 is 9.88 Å². The van der Waals surface area contributed by atoms with Gasteiger partial charge in [0.1, 0.15) is 5.82 Å². The summed E-state index contributed by atoms with van der Waals surface area (Å²) in [4.78, 5) is 17.2. The molecule has 1 aromatic heterocycles. The second kappa shape index (κ2) is 7.81. The molecule has 0 saturated heterocycles. The van der Waals surface area contributed by atoms with Gasteiger partial charge in [0.05, 0.1) is 0 Å².